The van der Waals surface area contributed by atoms with Crippen molar-refractivity contribution in [2.45, 2.75) is 0 Å². The molecule has 1 aromatic heterocycles. The fourth-order valence-electron chi connectivity index (χ4n) is 3.07. The Morgan fingerprint density at radius 2 is 1.63 bits per heavy atom. The van der Waals surface area contributed by atoms with Gasteiger partial charge in [0.2, 0.25) is 0 Å². The normalized spacial score (nSPS) is 10.6. The number of carbonyl (C=O) groups is 1. The largest absolute Gasteiger partial charge is 0.497 e. The highest BCUT2D eigenvalue weighted by atomic mass is 32.1. The first kappa shape index (κ1) is 19.7. The first-order chi connectivity index (χ1) is 14.6. The number of aromatic nitrogens is 1. The third kappa shape index (κ3) is 3.92. The van der Waals surface area contributed by atoms with Crippen LogP contribution in [0.2, 0.25) is 0 Å². The first-order valence-electron chi connectivity index (χ1n) is 9.19. The highest BCUT2D eigenvalue weighted by Gasteiger charge is 2.15. The Hall–Kier alpha value is -3.58. The molecule has 30 heavy (non-hydrogen) atoms. The van der Waals surface area contributed by atoms with E-state index in [1.165, 1.54) is 0 Å². The van der Waals surface area contributed by atoms with Crippen LogP contribution in [0, 0.1) is 0 Å². The van der Waals surface area contributed by atoms with Crippen molar-refractivity contribution >= 4 is 33.1 Å². The number of hydrogen-bond acceptors (Lipinski definition) is 6. The molecule has 1 heterocycles. The van der Waals surface area contributed by atoms with Gasteiger partial charge in [-0.2, -0.15) is 0 Å². The number of nitrogens with one attached hydrogen (secondary N) is 1. The van der Waals surface area contributed by atoms with Gasteiger partial charge in [-0.05, 0) is 42.5 Å². The van der Waals surface area contributed by atoms with Gasteiger partial charge < -0.3 is 19.5 Å². The molecule has 0 aliphatic heterocycles. The second-order valence-electron chi connectivity index (χ2n) is 6.46. The van der Waals surface area contributed by atoms with Gasteiger partial charge in [0, 0.05) is 17.2 Å². The van der Waals surface area contributed by atoms with Crippen molar-refractivity contribution in [3.63, 3.8) is 0 Å². The maximum Gasteiger partial charge on any atom is 0.256 e. The number of carbonyl (C=O) groups excluding carboxylic acids is 1. The molecule has 0 spiro atoms. The summed E-state index contributed by atoms with van der Waals surface area (Å²) >= 11 is 1.60. The number of amides is 1. The lowest BCUT2D eigenvalue weighted by atomic mass is 10.1. The van der Waals surface area contributed by atoms with E-state index < -0.39 is 0 Å². The Morgan fingerprint density at radius 1 is 0.900 bits per heavy atom. The van der Waals surface area contributed by atoms with Crippen molar-refractivity contribution in [2.24, 2.45) is 0 Å². The molecule has 7 heteroatoms. The molecular formula is C23H20N2O4S. The van der Waals surface area contributed by atoms with Crippen LogP contribution in [0.25, 0.3) is 20.8 Å². The summed E-state index contributed by atoms with van der Waals surface area (Å²) in [7, 11) is 4.65. The monoisotopic (exact) mass is 420 g/mol. The zero-order valence-electron chi connectivity index (χ0n) is 16.8. The molecular weight excluding hydrogens is 400 g/mol. The maximum absolute atomic E-state index is 12.9. The fourth-order valence-corrected chi connectivity index (χ4v) is 4.03. The van der Waals surface area contributed by atoms with E-state index in [-0.39, 0.29) is 5.91 Å². The molecule has 0 fully saturated rings. The van der Waals surface area contributed by atoms with Crippen LogP contribution in [0.5, 0.6) is 17.2 Å². The van der Waals surface area contributed by atoms with E-state index in [4.69, 9.17) is 19.2 Å². The van der Waals surface area contributed by atoms with Gasteiger partial charge in [-0.1, -0.05) is 12.1 Å². The van der Waals surface area contributed by atoms with Crippen LogP contribution in [0.4, 0.5) is 5.69 Å². The van der Waals surface area contributed by atoms with Gasteiger partial charge in [0.25, 0.3) is 5.91 Å². The van der Waals surface area contributed by atoms with Gasteiger partial charge in [0.05, 0.1) is 37.2 Å². The molecule has 0 saturated carbocycles. The lowest BCUT2D eigenvalue weighted by molar-refractivity contribution is 0.102. The summed E-state index contributed by atoms with van der Waals surface area (Å²) in [5.74, 6) is 1.33. The number of methoxy groups -OCH3 is 3. The van der Waals surface area contributed by atoms with Crippen LogP contribution >= 0.6 is 11.3 Å². The van der Waals surface area contributed by atoms with Gasteiger partial charge in [0.15, 0.2) is 0 Å². The predicted octanol–water partition coefficient (Wildman–Crippen LogP) is 5.24. The van der Waals surface area contributed by atoms with Crippen LogP contribution in [-0.4, -0.2) is 32.2 Å². The average Bonchev–Trinajstić information content (AvgIpc) is 3.23. The van der Waals surface area contributed by atoms with Gasteiger partial charge >= 0.3 is 0 Å². The van der Waals surface area contributed by atoms with Crippen LogP contribution in [0.3, 0.4) is 0 Å². The average molecular weight is 420 g/mol. The lowest BCUT2D eigenvalue weighted by Gasteiger charge is -2.13. The lowest BCUT2D eigenvalue weighted by Crippen LogP contribution is -2.13. The molecule has 6 nitrogen and oxygen atoms in total. The van der Waals surface area contributed by atoms with Gasteiger partial charge in [-0.25, -0.2) is 4.98 Å². The van der Waals surface area contributed by atoms with E-state index in [0.29, 0.717) is 28.5 Å². The number of fused-ring (bicyclic) bond motifs is 1. The zero-order valence-corrected chi connectivity index (χ0v) is 17.6. The van der Waals surface area contributed by atoms with Crippen molar-refractivity contribution in [2.75, 3.05) is 26.6 Å². The van der Waals surface area contributed by atoms with E-state index in [1.54, 1.807) is 50.9 Å². The molecule has 0 aliphatic rings. The van der Waals surface area contributed by atoms with Crippen molar-refractivity contribution in [1.29, 1.82) is 0 Å². The summed E-state index contributed by atoms with van der Waals surface area (Å²) in [6, 6.07) is 18.6. The second kappa shape index (κ2) is 8.42. The molecule has 0 atom stereocenters. The van der Waals surface area contributed by atoms with E-state index in [0.717, 1.165) is 20.8 Å². The second-order valence-corrected chi connectivity index (χ2v) is 7.49. The van der Waals surface area contributed by atoms with E-state index in [9.17, 15) is 4.79 Å². The predicted molar refractivity (Wildman–Crippen MR) is 119 cm³/mol. The van der Waals surface area contributed by atoms with Crippen LogP contribution in [0.1, 0.15) is 10.4 Å². The van der Waals surface area contributed by atoms with E-state index >= 15 is 0 Å². The molecule has 4 rings (SSSR count). The number of rotatable bonds is 6. The third-order valence-electron chi connectivity index (χ3n) is 4.60. The Morgan fingerprint density at radius 3 is 2.30 bits per heavy atom. The van der Waals surface area contributed by atoms with E-state index in [1.807, 2.05) is 42.5 Å². The van der Waals surface area contributed by atoms with Crippen LogP contribution in [-0.2, 0) is 0 Å². The number of benzene rings is 3. The van der Waals surface area contributed by atoms with E-state index in [2.05, 4.69) is 5.32 Å². The summed E-state index contributed by atoms with van der Waals surface area (Å²) in [6.45, 7) is 0. The molecule has 0 bridgehead atoms. The first-order valence-corrected chi connectivity index (χ1v) is 10.0. The minimum atomic E-state index is -0.299. The Labute approximate surface area is 178 Å². The highest BCUT2D eigenvalue weighted by Crippen LogP contribution is 2.35. The molecule has 0 radical (unpaired) electrons. The van der Waals surface area contributed by atoms with Crippen LogP contribution < -0.4 is 19.5 Å². The minimum Gasteiger partial charge on any atom is -0.497 e. The maximum atomic E-state index is 12.9. The number of para-hydroxylation sites is 1. The van der Waals surface area contributed by atoms with Gasteiger partial charge in [0.1, 0.15) is 22.3 Å². The number of hydrogen-bond donors (Lipinski definition) is 1. The Kier molecular flexibility index (Phi) is 5.54. The van der Waals surface area contributed by atoms with Crippen molar-refractivity contribution in [3.8, 4) is 27.8 Å². The third-order valence-corrected chi connectivity index (χ3v) is 5.69. The number of ether oxygens (including phenoxy) is 3. The number of anilines is 1. The Balaban J connectivity index is 1.68. The van der Waals surface area contributed by atoms with Crippen molar-refractivity contribution in [1.82, 2.24) is 4.98 Å². The van der Waals surface area contributed by atoms with Gasteiger partial charge in [-0.3, -0.25) is 4.79 Å². The minimum absolute atomic E-state index is 0.299. The summed E-state index contributed by atoms with van der Waals surface area (Å²) in [5.41, 5.74) is 2.82. The summed E-state index contributed by atoms with van der Waals surface area (Å²) in [6.07, 6.45) is 0. The number of nitrogens with zero attached hydrogens (tertiary/aromatic N) is 1. The smallest absolute Gasteiger partial charge is 0.256 e. The quantitative estimate of drug-likeness (QED) is 0.462. The molecule has 0 saturated heterocycles. The van der Waals surface area contributed by atoms with Gasteiger partial charge in [-0.15, -0.1) is 11.3 Å². The van der Waals surface area contributed by atoms with Crippen molar-refractivity contribution in [3.05, 3.63) is 66.2 Å². The topological polar surface area (TPSA) is 69.7 Å². The molecule has 152 valence electrons. The number of thiazole rings is 1. The molecule has 1 amide bonds. The molecule has 3 aromatic carbocycles. The SMILES string of the molecule is COc1cc(OC)cc(C(=O)Nc2cc(-c3nc4ccccc4s3)ccc2OC)c1. The summed E-state index contributed by atoms with van der Waals surface area (Å²) in [5, 5.41) is 3.80. The Bertz CT molecular complexity index is 1160. The van der Waals surface area contributed by atoms with Crippen LogP contribution in [0.15, 0.2) is 60.7 Å². The molecule has 0 aliphatic carbocycles. The zero-order chi connectivity index (χ0) is 21.1. The highest BCUT2D eigenvalue weighted by molar-refractivity contribution is 7.21. The standard InChI is InChI=1S/C23H20N2O4S/c1-27-16-10-15(11-17(13-16)28-2)22(26)24-19-12-14(8-9-20(19)29-3)23-25-18-6-4-5-7-21(18)30-23/h4-13H,1-3H3,(H,24,26). The molecule has 1 N–H and O–H groups in total. The summed E-state index contributed by atoms with van der Waals surface area (Å²) < 4.78 is 17.1. The van der Waals surface area contributed by atoms with Crippen molar-refractivity contribution < 1.29 is 19.0 Å². The fraction of sp³-hybridized carbons (Fsp3) is 0.130. The molecule has 0 unspecified atom stereocenters. The summed E-state index contributed by atoms with van der Waals surface area (Å²) in [4.78, 5) is 17.6. The molecule has 4 aromatic rings.